The van der Waals surface area contributed by atoms with Crippen LogP contribution in [0.2, 0.25) is 0 Å². The van der Waals surface area contributed by atoms with Crippen LogP contribution in [-0.4, -0.2) is 22.5 Å². The number of hydrogen-bond acceptors (Lipinski definition) is 4. The highest BCUT2D eigenvalue weighted by molar-refractivity contribution is 5.72. The standard InChI is InChI=1S/C11H16N2O2/c1-5-15-11(14)6-10-9(4)12-7(2)8(3)13-10/h5-6H2,1-4H3. The summed E-state index contributed by atoms with van der Waals surface area (Å²) in [5, 5.41) is 0. The number of aromatic nitrogens is 2. The van der Waals surface area contributed by atoms with E-state index in [0.29, 0.717) is 12.3 Å². The lowest BCUT2D eigenvalue weighted by molar-refractivity contribution is -0.142. The molecule has 0 aliphatic rings. The molecule has 4 nitrogen and oxygen atoms in total. The minimum absolute atomic E-state index is 0.202. The number of carbonyl (C=O) groups is 1. The third-order valence-corrected chi connectivity index (χ3v) is 2.20. The van der Waals surface area contributed by atoms with Crippen molar-refractivity contribution in [3.63, 3.8) is 0 Å². The summed E-state index contributed by atoms with van der Waals surface area (Å²) >= 11 is 0. The lowest BCUT2D eigenvalue weighted by Gasteiger charge is -2.07. The number of esters is 1. The number of hydrogen-bond donors (Lipinski definition) is 0. The molecule has 4 heteroatoms. The molecule has 0 saturated carbocycles. The first-order valence-corrected chi connectivity index (χ1v) is 5.01. The predicted molar refractivity (Wildman–Crippen MR) is 56.6 cm³/mol. The van der Waals surface area contributed by atoms with E-state index in [0.717, 1.165) is 17.1 Å². The molecule has 1 aromatic heterocycles. The Morgan fingerprint density at radius 2 is 1.73 bits per heavy atom. The lowest BCUT2D eigenvalue weighted by atomic mass is 10.2. The second-order valence-corrected chi connectivity index (χ2v) is 3.41. The van der Waals surface area contributed by atoms with Crippen molar-refractivity contribution in [2.75, 3.05) is 6.61 Å². The Morgan fingerprint density at radius 3 is 2.33 bits per heavy atom. The van der Waals surface area contributed by atoms with Crippen LogP contribution in [-0.2, 0) is 16.0 Å². The maximum absolute atomic E-state index is 11.3. The SMILES string of the molecule is CCOC(=O)Cc1nc(C)c(C)nc1C. The lowest BCUT2D eigenvalue weighted by Crippen LogP contribution is -2.12. The molecule has 0 radical (unpaired) electrons. The molecule has 0 unspecified atom stereocenters. The molecule has 0 N–H and O–H groups in total. The molecule has 0 aliphatic carbocycles. The Labute approximate surface area is 89.7 Å². The second-order valence-electron chi connectivity index (χ2n) is 3.41. The molecule has 1 heterocycles. The molecule has 0 spiro atoms. The fraction of sp³-hybridized carbons (Fsp3) is 0.545. The molecule has 0 amide bonds. The van der Waals surface area contributed by atoms with Gasteiger partial charge in [0.1, 0.15) is 0 Å². The molecule has 1 aromatic rings. The largest absolute Gasteiger partial charge is 0.466 e. The Kier molecular flexibility index (Phi) is 3.77. The maximum atomic E-state index is 11.3. The summed E-state index contributed by atoms with van der Waals surface area (Å²) in [4.78, 5) is 19.9. The zero-order valence-corrected chi connectivity index (χ0v) is 9.63. The zero-order chi connectivity index (χ0) is 11.4. The van der Waals surface area contributed by atoms with E-state index >= 15 is 0 Å². The van der Waals surface area contributed by atoms with Gasteiger partial charge in [0.25, 0.3) is 0 Å². The summed E-state index contributed by atoms with van der Waals surface area (Å²) in [6, 6.07) is 0. The van der Waals surface area contributed by atoms with Gasteiger partial charge in [-0.2, -0.15) is 0 Å². The smallest absolute Gasteiger partial charge is 0.311 e. The van der Waals surface area contributed by atoms with Crippen LogP contribution < -0.4 is 0 Å². The average Bonchev–Trinajstić information content (AvgIpc) is 2.14. The normalized spacial score (nSPS) is 10.1. The van der Waals surface area contributed by atoms with Gasteiger partial charge in [-0.15, -0.1) is 0 Å². The van der Waals surface area contributed by atoms with Crippen LogP contribution in [0.5, 0.6) is 0 Å². The van der Waals surface area contributed by atoms with E-state index in [1.54, 1.807) is 6.92 Å². The molecule has 0 bridgehead atoms. The van der Waals surface area contributed by atoms with Gasteiger partial charge in [0, 0.05) is 0 Å². The van der Waals surface area contributed by atoms with Crippen molar-refractivity contribution in [2.45, 2.75) is 34.1 Å². The van der Waals surface area contributed by atoms with Crippen LogP contribution >= 0.6 is 0 Å². The molecule has 0 atom stereocenters. The van der Waals surface area contributed by atoms with E-state index < -0.39 is 0 Å². The van der Waals surface area contributed by atoms with Gasteiger partial charge in [-0.25, -0.2) is 0 Å². The molecule has 82 valence electrons. The predicted octanol–water partition coefficient (Wildman–Crippen LogP) is 1.51. The van der Waals surface area contributed by atoms with Crippen molar-refractivity contribution < 1.29 is 9.53 Å². The summed E-state index contributed by atoms with van der Waals surface area (Å²) in [5.74, 6) is -0.252. The van der Waals surface area contributed by atoms with Crippen LogP contribution in [0.25, 0.3) is 0 Å². The van der Waals surface area contributed by atoms with Gasteiger partial charge in [-0.1, -0.05) is 0 Å². The van der Waals surface area contributed by atoms with Gasteiger partial charge in [0.05, 0.1) is 35.8 Å². The average molecular weight is 208 g/mol. The van der Waals surface area contributed by atoms with Gasteiger partial charge < -0.3 is 4.74 Å². The van der Waals surface area contributed by atoms with Crippen molar-refractivity contribution in [3.8, 4) is 0 Å². The van der Waals surface area contributed by atoms with Gasteiger partial charge in [0.15, 0.2) is 0 Å². The Hall–Kier alpha value is -1.45. The first-order valence-electron chi connectivity index (χ1n) is 5.01. The maximum Gasteiger partial charge on any atom is 0.311 e. The third-order valence-electron chi connectivity index (χ3n) is 2.20. The molecule has 1 rings (SSSR count). The highest BCUT2D eigenvalue weighted by Gasteiger charge is 2.10. The molecular formula is C11H16N2O2. The topological polar surface area (TPSA) is 52.1 Å². The molecule has 0 aliphatic heterocycles. The minimum atomic E-state index is -0.252. The van der Waals surface area contributed by atoms with Crippen LogP contribution in [0.4, 0.5) is 0 Å². The van der Waals surface area contributed by atoms with Gasteiger partial charge in [-0.3, -0.25) is 14.8 Å². The highest BCUT2D eigenvalue weighted by atomic mass is 16.5. The van der Waals surface area contributed by atoms with E-state index in [9.17, 15) is 4.79 Å². The van der Waals surface area contributed by atoms with Gasteiger partial charge >= 0.3 is 5.97 Å². The Morgan fingerprint density at radius 1 is 1.13 bits per heavy atom. The van der Waals surface area contributed by atoms with Crippen LogP contribution in [0.1, 0.15) is 29.7 Å². The van der Waals surface area contributed by atoms with Gasteiger partial charge in [-0.05, 0) is 27.7 Å². The number of carbonyl (C=O) groups excluding carboxylic acids is 1. The van der Waals surface area contributed by atoms with E-state index in [1.165, 1.54) is 0 Å². The quantitative estimate of drug-likeness (QED) is 0.706. The Balaban J connectivity index is 2.86. The van der Waals surface area contributed by atoms with E-state index in [4.69, 9.17) is 4.74 Å². The van der Waals surface area contributed by atoms with Crippen LogP contribution in [0.3, 0.4) is 0 Å². The van der Waals surface area contributed by atoms with Gasteiger partial charge in [0.2, 0.25) is 0 Å². The van der Waals surface area contributed by atoms with E-state index in [-0.39, 0.29) is 12.4 Å². The van der Waals surface area contributed by atoms with E-state index in [1.807, 2.05) is 20.8 Å². The second kappa shape index (κ2) is 4.87. The van der Waals surface area contributed by atoms with Crippen LogP contribution in [0.15, 0.2) is 0 Å². The van der Waals surface area contributed by atoms with Crippen molar-refractivity contribution in [2.24, 2.45) is 0 Å². The first-order chi connectivity index (χ1) is 7.04. The summed E-state index contributed by atoms with van der Waals surface area (Å²) in [6.45, 7) is 7.83. The molecule has 0 fully saturated rings. The zero-order valence-electron chi connectivity index (χ0n) is 9.63. The summed E-state index contributed by atoms with van der Waals surface area (Å²) in [5.41, 5.74) is 3.27. The number of nitrogens with zero attached hydrogens (tertiary/aromatic N) is 2. The Bertz CT molecular complexity index is 375. The summed E-state index contributed by atoms with van der Waals surface area (Å²) in [7, 11) is 0. The van der Waals surface area contributed by atoms with E-state index in [2.05, 4.69) is 9.97 Å². The molecule has 0 aromatic carbocycles. The number of ether oxygens (including phenoxy) is 1. The summed E-state index contributed by atoms with van der Waals surface area (Å²) < 4.78 is 4.86. The molecule has 15 heavy (non-hydrogen) atoms. The minimum Gasteiger partial charge on any atom is -0.466 e. The fourth-order valence-electron chi connectivity index (χ4n) is 1.28. The highest BCUT2D eigenvalue weighted by Crippen LogP contribution is 2.08. The third kappa shape index (κ3) is 3.01. The molecular weight excluding hydrogens is 192 g/mol. The number of rotatable bonds is 3. The van der Waals surface area contributed by atoms with Crippen molar-refractivity contribution in [1.29, 1.82) is 0 Å². The van der Waals surface area contributed by atoms with Crippen molar-refractivity contribution in [1.82, 2.24) is 9.97 Å². The van der Waals surface area contributed by atoms with Crippen molar-refractivity contribution >= 4 is 5.97 Å². The first kappa shape index (κ1) is 11.6. The summed E-state index contributed by atoms with van der Waals surface area (Å²) in [6.07, 6.45) is 0.202. The monoisotopic (exact) mass is 208 g/mol. The number of aryl methyl sites for hydroxylation is 3. The van der Waals surface area contributed by atoms with Crippen molar-refractivity contribution in [3.05, 3.63) is 22.8 Å². The van der Waals surface area contributed by atoms with Crippen LogP contribution in [0, 0.1) is 20.8 Å². The fourth-order valence-corrected chi connectivity index (χ4v) is 1.28. The molecule has 0 saturated heterocycles.